The van der Waals surface area contributed by atoms with Crippen LogP contribution in [-0.2, 0) is 4.79 Å². The largest absolute Gasteiger partial charge is 0.282 e. The van der Waals surface area contributed by atoms with Crippen molar-refractivity contribution in [3.63, 3.8) is 0 Å². The SMILES string of the molecule is O=CN(c1cccc([N+](=O)[O-])c1)c1cc([N+](=O)[O-])ccc1Cl. The Labute approximate surface area is 128 Å². The molecule has 2 rings (SSSR count). The first-order chi connectivity index (χ1) is 10.4. The molecule has 0 unspecified atom stereocenters. The summed E-state index contributed by atoms with van der Waals surface area (Å²) in [6.45, 7) is 0. The molecule has 0 saturated heterocycles. The Hall–Kier alpha value is -3.00. The number of non-ortho nitro benzene ring substituents is 2. The lowest BCUT2D eigenvalue weighted by molar-refractivity contribution is -0.384. The molecule has 0 aliphatic rings. The Morgan fingerprint density at radius 1 is 1.00 bits per heavy atom. The number of nitro groups is 2. The topological polar surface area (TPSA) is 107 Å². The highest BCUT2D eigenvalue weighted by Gasteiger charge is 2.18. The van der Waals surface area contributed by atoms with Gasteiger partial charge >= 0.3 is 0 Å². The molecule has 0 atom stereocenters. The molecule has 0 spiro atoms. The minimum Gasteiger partial charge on any atom is -0.282 e. The standard InChI is InChI=1S/C13H8ClN3O5/c14-12-5-4-11(17(21)22)7-13(12)15(8-18)9-2-1-3-10(6-9)16(19)20/h1-8H. The Morgan fingerprint density at radius 3 is 2.23 bits per heavy atom. The van der Waals surface area contributed by atoms with Crippen molar-refractivity contribution in [1.29, 1.82) is 0 Å². The third kappa shape index (κ3) is 3.01. The van der Waals surface area contributed by atoms with Gasteiger partial charge in [0, 0.05) is 24.3 Å². The number of carbonyl (C=O) groups excluding carboxylic acids is 1. The van der Waals surface area contributed by atoms with E-state index in [9.17, 15) is 25.0 Å². The molecule has 0 N–H and O–H groups in total. The smallest absolute Gasteiger partial charge is 0.271 e. The zero-order valence-electron chi connectivity index (χ0n) is 10.9. The van der Waals surface area contributed by atoms with E-state index in [1.54, 1.807) is 0 Å². The molecular weight excluding hydrogens is 314 g/mol. The van der Waals surface area contributed by atoms with E-state index in [1.165, 1.54) is 36.4 Å². The average Bonchev–Trinajstić information content (AvgIpc) is 2.50. The lowest BCUT2D eigenvalue weighted by Crippen LogP contribution is -2.15. The Morgan fingerprint density at radius 2 is 1.64 bits per heavy atom. The van der Waals surface area contributed by atoms with Crippen molar-refractivity contribution in [2.45, 2.75) is 0 Å². The summed E-state index contributed by atoms with van der Waals surface area (Å²) in [5.74, 6) is 0. The molecule has 22 heavy (non-hydrogen) atoms. The van der Waals surface area contributed by atoms with Crippen LogP contribution in [-0.4, -0.2) is 16.3 Å². The van der Waals surface area contributed by atoms with Crippen LogP contribution in [0.2, 0.25) is 5.02 Å². The highest BCUT2D eigenvalue weighted by Crippen LogP contribution is 2.34. The number of halogens is 1. The van der Waals surface area contributed by atoms with Gasteiger partial charge in [-0.1, -0.05) is 17.7 Å². The number of amides is 1. The van der Waals surface area contributed by atoms with Gasteiger partial charge in [0.1, 0.15) is 0 Å². The molecule has 0 radical (unpaired) electrons. The van der Waals surface area contributed by atoms with Gasteiger partial charge in [-0.15, -0.1) is 0 Å². The first-order valence-electron chi connectivity index (χ1n) is 5.87. The summed E-state index contributed by atoms with van der Waals surface area (Å²) in [5.41, 5.74) is -0.236. The number of benzene rings is 2. The maximum Gasteiger partial charge on any atom is 0.271 e. The monoisotopic (exact) mass is 321 g/mol. The fraction of sp³-hybridized carbons (Fsp3) is 0. The van der Waals surface area contributed by atoms with Gasteiger partial charge in [-0.3, -0.25) is 29.9 Å². The third-order valence-corrected chi connectivity index (χ3v) is 3.14. The molecule has 9 heteroatoms. The van der Waals surface area contributed by atoms with Gasteiger partial charge in [-0.2, -0.15) is 0 Å². The lowest BCUT2D eigenvalue weighted by Gasteiger charge is -2.18. The molecule has 8 nitrogen and oxygen atoms in total. The molecule has 0 fully saturated rings. The fourth-order valence-corrected chi connectivity index (χ4v) is 2.02. The van der Waals surface area contributed by atoms with Crippen molar-refractivity contribution >= 4 is 40.8 Å². The molecular formula is C13H8ClN3O5. The van der Waals surface area contributed by atoms with E-state index in [-0.39, 0.29) is 27.8 Å². The Kier molecular flexibility index (Phi) is 4.33. The maximum absolute atomic E-state index is 11.3. The molecule has 2 aromatic rings. The molecule has 0 bridgehead atoms. The quantitative estimate of drug-likeness (QED) is 0.476. The zero-order chi connectivity index (χ0) is 16.3. The van der Waals surface area contributed by atoms with Crippen molar-refractivity contribution in [1.82, 2.24) is 0 Å². The third-order valence-electron chi connectivity index (χ3n) is 2.82. The second kappa shape index (κ2) is 6.19. The molecule has 0 aliphatic carbocycles. The van der Waals surface area contributed by atoms with Gasteiger partial charge in [-0.25, -0.2) is 0 Å². The van der Waals surface area contributed by atoms with Crippen LogP contribution < -0.4 is 4.90 Å². The molecule has 112 valence electrons. The van der Waals surface area contributed by atoms with E-state index in [0.717, 1.165) is 11.0 Å². The van der Waals surface area contributed by atoms with E-state index in [4.69, 9.17) is 11.6 Å². The molecule has 0 heterocycles. The molecule has 0 aromatic heterocycles. The first-order valence-corrected chi connectivity index (χ1v) is 6.24. The second-order valence-corrected chi connectivity index (χ2v) is 4.55. The number of hydrogen-bond donors (Lipinski definition) is 0. The minimum absolute atomic E-state index is 0.0614. The number of hydrogen-bond acceptors (Lipinski definition) is 5. The first kappa shape index (κ1) is 15.4. The summed E-state index contributed by atoms with van der Waals surface area (Å²) in [6.07, 6.45) is 0.379. The highest BCUT2D eigenvalue weighted by atomic mass is 35.5. The van der Waals surface area contributed by atoms with Crippen LogP contribution in [0.15, 0.2) is 42.5 Å². The van der Waals surface area contributed by atoms with Crippen molar-refractivity contribution in [3.8, 4) is 0 Å². The highest BCUT2D eigenvalue weighted by molar-refractivity contribution is 6.34. The predicted octanol–water partition coefficient (Wildman–Crippen LogP) is 3.45. The van der Waals surface area contributed by atoms with Crippen LogP contribution in [0, 0.1) is 20.2 Å². The van der Waals surface area contributed by atoms with Crippen LogP contribution in [0.1, 0.15) is 0 Å². The summed E-state index contributed by atoms with van der Waals surface area (Å²) < 4.78 is 0. The molecule has 0 aliphatic heterocycles. The van der Waals surface area contributed by atoms with Crippen LogP contribution in [0.5, 0.6) is 0 Å². The second-order valence-electron chi connectivity index (χ2n) is 4.15. The number of anilines is 2. The summed E-state index contributed by atoms with van der Waals surface area (Å²) in [5, 5.41) is 21.7. The molecule has 0 saturated carbocycles. The summed E-state index contributed by atoms with van der Waals surface area (Å²) >= 11 is 5.97. The van der Waals surface area contributed by atoms with Crippen LogP contribution in [0.3, 0.4) is 0 Å². The van der Waals surface area contributed by atoms with Crippen molar-refractivity contribution in [3.05, 3.63) is 67.7 Å². The van der Waals surface area contributed by atoms with Crippen LogP contribution in [0.25, 0.3) is 0 Å². The van der Waals surface area contributed by atoms with Gasteiger partial charge in [0.2, 0.25) is 6.41 Å². The number of nitro benzene ring substituents is 2. The molecule has 2 aromatic carbocycles. The van der Waals surface area contributed by atoms with E-state index in [2.05, 4.69) is 0 Å². The van der Waals surface area contributed by atoms with Crippen molar-refractivity contribution < 1.29 is 14.6 Å². The van der Waals surface area contributed by atoms with Gasteiger partial charge in [-0.05, 0) is 12.1 Å². The minimum atomic E-state index is -0.629. The normalized spacial score (nSPS) is 10.0. The van der Waals surface area contributed by atoms with E-state index in [0.29, 0.717) is 6.41 Å². The van der Waals surface area contributed by atoms with Crippen molar-refractivity contribution in [2.75, 3.05) is 4.90 Å². The number of nitrogens with zero attached hydrogens (tertiary/aromatic N) is 3. The Balaban J connectivity index is 2.55. The van der Waals surface area contributed by atoms with E-state index in [1.807, 2.05) is 0 Å². The van der Waals surface area contributed by atoms with Crippen LogP contribution >= 0.6 is 11.6 Å². The van der Waals surface area contributed by atoms with Gasteiger partial charge in [0.25, 0.3) is 11.4 Å². The predicted molar refractivity (Wildman–Crippen MR) is 79.4 cm³/mol. The van der Waals surface area contributed by atoms with Gasteiger partial charge < -0.3 is 0 Å². The zero-order valence-corrected chi connectivity index (χ0v) is 11.6. The summed E-state index contributed by atoms with van der Waals surface area (Å²) in [7, 11) is 0. The van der Waals surface area contributed by atoms with Crippen LogP contribution in [0.4, 0.5) is 22.7 Å². The molecule has 1 amide bonds. The summed E-state index contributed by atoms with van der Waals surface area (Å²) in [4.78, 5) is 32.7. The van der Waals surface area contributed by atoms with Crippen molar-refractivity contribution in [2.24, 2.45) is 0 Å². The maximum atomic E-state index is 11.3. The fourth-order valence-electron chi connectivity index (χ4n) is 1.81. The number of carbonyl (C=O) groups is 1. The number of rotatable bonds is 5. The van der Waals surface area contributed by atoms with E-state index < -0.39 is 9.85 Å². The average molecular weight is 322 g/mol. The van der Waals surface area contributed by atoms with Gasteiger partial charge in [0.15, 0.2) is 0 Å². The summed E-state index contributed by atoms with van der Waals surface area (Å²) in [6, 6.07) is 8.89. The lowest BCUT2D eigenvalue weighted by atomic mass is 10.2. The van der Waals surface area contributed by atoms with Gasteiger partial charge in [0.05, 0.1) is 26.2 Å². The Bertz CT molecular complexity index is 765. The van der Waals surface area contributed by atoms with E-state index >= 15 is 0 Å².